The number of hydrogen-bond donors (Lipinski definition) is 6. The fourth-order valence-electron chi connectivity index (χ4n) is 8.24. The Hall–Kier alpha value is -7.32. The summed E-state index contributed by atoms with van der Waals surface area (Å²) in [6.45, 7) is 14.0. The zero-order valence-corrected chi connectivity index (χ0v) is 48.3. The number of Topliss-reactive ketones (excluding diaryl/α,β-unsaturated/α-hetero) is 4. The summed E-state index contributed by atoms with van der Waals surface area (Å²) in [5.74, 6) is -1.90. The molecule has 0 aromatic heterocycles. The maximum Gasteiger partial charge on any atom is 0.417 e. The molecule has 19 nitrogen and oxygen atoms in total. The van der Waals surface area contributed by atoms with Gasteiger partial charge in [-0.25, -0.2) is 24.1 Å². The molecule has 4 rings (SSSR count). The summed E-state index contributed by atoms with van der Waals surface area (Å²) in [7, 11) is 0. The Morgan fingerprint density at radius 2 is 0.864 bits per heavy atom. The molecule has 0 unspecified atom stereocenters. The van der Waals surface area contributed by atoms with E-state index in [9.17, 15) is 58.8 Å². The number of alkyl carbamates (subject to hydrolysis) is 1. The van der Waals surface area contributed by atoms with Crippen molar-refractivity contribution < 1.29 is 73.0 Å². The fraction of sp³-hybridized carbons (Fsp3) is 0.484. The lowest BCUT2D eigenvalue weighted by atomic mass is 9.92. The number of hydrogen-bond acceptors (Lipinski definition) is 15. The summed E-state index contributed by atoms with van der Waals surface area (Å²) < 4.78 is 17.0. The molecule has 5 amide bonds. The molecule has 0 atom stereocenters. The minimum absolute atomic E-state index is 0.0974. The van der Waals surface area contributed by atoms with Crippen molar-refractivity contribution in [1.29, 1.82) is 0 Å². The highest BCUT2D eigenvalue weighted by Crippen LogP contribution is 2.29. The molecule has 0 heterocycles. The van der Waals surface area contributed by atoms with E-state index < -0.39 is 76.0 Å². The van der Waals surface area contributed by atoms with Gasteiger partial charge in [-0.2, -0.15) is 0 Å². The zero-order chi connectivity index (χ0) is 60.1. The molecular weight excluding hydrogens is 1040 g/mol. The van der Waals surface area contributed by atoms with Gasteiger partial charge in [-0.05, 0) is 128 Å². The number of rotatable bonds is 31. The first kappa shape index (κ1) is 66.2. The van der Waals surface area contributed by atoms with Gasteiger partial charge >= 0.3 is 24.3 Å². The summed E-state index contributed by atoms with van der Waals surface area (Å²) in [5, 5.41) is 46.4. The Balaban J connectivity index is 1.27. The van der Waals surface area contributed by atoms with Crippen LogP contribution in [0.15, 0.2) is 97.1 Å². The van der Waals surface area contributed by atoms with Crippen LogP contribution in [0.3, 0.4) is 0 Å². The molecule has 19 heteroatoms. The second-order valence-corrected chi connectivity index (χ2v) is 22.1. The molecular formula is C62H82N4O15. The number of carbonyl (C=O) groups is 8. The number of ether oxygens (including phenoxy) is 3. The Morgan fingerprint density at radius 3 is 1.30 bits per heavy atom. The number of nitrogens with one attached hydrogen (secondary N) is 2. The van der Waals surface area contributed by atoms with Crippen LogP contribution < -0.4 is 15.5 Å². The van der Waals surface area contributed by atoms with E-state index in [1.54, 1.807) is 60.7 Å². The van der Waals surface area contributed by atoms with Gasteiger partial charge in [-0.1, -0.05) is 112 Å². The number of anilines is 1. The average molecular weight is 1120 g/mol. The predicted molar refractivity (Wildman–Crippen MR) is 305 cm³/mol. The van der Waals surface area contributed by atoms with Gasteiger partial charge in [-0.3, -0.25) is 24.1 Å². The van der Waals surface area contributed by atoms with E-state index >= 15 is 0 Å². The van der Waals surface area contributed by atoms with Crippen molar-refractivity contribution in [2.24, 2.45) is 0 Å². The number of carbonyl (C=O) groups excluding carboxylic acids is 8. The van der Waals surface area contributed by atoms with E-state index in [1.807, 2.05) is 6.92 Å². The zero-order valence-electron chi connectivity index (χ0n) is 48.3. The Bertz CT molecular complexity index is 2660. The van der Waals surface area contributed by atoms with Crippen molar-refractivity contribution in [3.05, 3.63) is 136 Å². The molecule has 0 aliphatic carbocycles. The van der Waals surface area contributed by atoms with Crippen molar-refractivity contribution in [3.8, 4) is 0 Å². The van der Waals surface area contributed by atoms with Crippen molar-refractivity contribution in [1.82, 2.24) is 15.5 Å². The van der Waals surface area contributed by atoms with Gasteiger partial charge in [0.25, 0.3) is 0 Å². The summed E-state index contributed by atoms with van der Waals surface area (Å²) >= 11 is 0. The highest BCUT2D eigenvalue weighted by molar-refractivity contribution is 6.04. The third-order valence-corrected chi connectivity index (χ3v) is 13.0. The molecule has 0 saturated carbocycles. The Morgan fingerprint density at radius 1 is 0.469 bits per heavy atom. The van der Waals surface area contributed by atoms with Crippen LogP contribution in [0, 0.1) is 0 Å². The monoisotopic (exact) mass is 1120 g/mol. The van der Waals surface area contributed by atoms with E-state index in [1.165, 1.54) is 96.7 Å². The van der Waals surface area contributed by atoms with Crippen molar-refractivity contribution in [2.45, 2.75) is 162 Å². The molecule has 0 aliphatic heterocycles. The summed E-state index contributed by atoms with van der Waals surface area (Å²) in [6.07, 6.45) is 3.06. The first-order chi connectivity index (χ1) is 38.0. The summed E-state index contributed by atoms with van der Waals surface area (Å²) in [6, 6.07) is 24.7. The third-order valence-electron chi connectivity index (χ3n) is 13.0. The van der Waals surface area contributed by atoms with E-state index in [0.29, 0.717) is 85.7 Å². The van der Waals surface area contributed by atoms with E-state index in [0.717, 1.165) is 11.3 Å². The number of ketones is 4. The lowest BCUT2D eigenvalue weighted by Gasteiger charge is -2.23. The van der Waals surface area contributed by atoms with Crippen LogP contribution >= 0.6 is 0 Å². The number of aliphatic hydroxyl groups is 4. The van der Waals surface area contributed by atoms with E-state index in [4.69, 9.17) is 14.2 Å². The van der Waals surface area contributed by atoms with Crippen molar-refractivity contribution in [3.63, 3.8) is 0 Å². The normalized spacial score (nSPS) is 11.8. The largest absolute Gasteiger partial charge is 0.449 e. The van der Waals surface area contributed by atoms with Crippen LogP contribution in [-0.2, 0) is 20.8 Å². The number of urea groups is 1. The lowest BCUT2D eigenvalue weighted by molar-refractivity contribution is 0.0487. The van der Waals surface area contributed by atoms with Gasteiger partial charge in [0.2, 0.25) is 0 Å². The number of nitrogens with zero attached hydrogens (tertiary/aromatic N) is 2. The minimum atomic E-state index is -1.60. The van der Waals surface area contributed by atoms with Gasteiger partial charge in [0.05, 0.1) is 6.61 Å². The van der Waals surface area contributed by atoms with Crippen molar-refractivity contribution >= 4 is 53.1 Å². The molecule has 0 bridgehead atoms. The second-order valence-electron chi connectivity index (χ2n) is 22.1. The highest BCUT2D eigenvalue weighted by Gasteiger charge is 2.30. The molecule has 4 aromatic carbocycles. The molecule has 440 valence electrons. The van der Waals surface area contributed by atoms with Crippen LogP contribution in [0.2, 0.25) is 0 Å². The number of amides is 5. The smallest absolute Gasteiger partial charge is 0.417 e. The quantitative estimate of drug-likeness (QED) is 0.0155. The maximum atomic E-state index is 13.6. The van der Waals surface area contributed by atoms with E-state index in [2.05, 4.69) is 10.6 Å². The van der Waals surface area contributed by atoms with Gasteiger partial charge in [-0.15, -0.1) is 0 Å². The molecule has 0 fully saturated rings. The molecule has 6 N–H and O–H groups in total. The third kappa shape index (κ3) is 21.3. The first-order valence-corrected chi connectivity index (χ1v) is 27.6. The number of benzene rings is 4. The molecule has 0 radical (unpaired) electrons. The molecule has 0 aliphatic rings. The topological polar surface area (TPSA) is 276 Å². The Labute approximate surface area is 475 Å². The molecule has 0 saturated heterocycles. The number of unbranched alkanes of at least 4 members (excludes halogenated alkanes) is 7. The van der Waals surface area contributed by atoms with Crippen LogP contribution in [0.1, 0.15) is 191 Å². The first-order valence-electron chi connectivity index (χ1n) is 27.6. The standard InChI is InChI=1S/C62H82N4O15/c1-10-11-40-79-58(74)66(39-19-15-13-17-37-64-56(72)81-50(43-24-28-46(29-25-43)52(68)60(4,5)76)44-26-30-47(31-27-44)53(69)61(6,7)77)55(71)63-36-16-12-14-18-38-65(49-34-32-48(33-35-49)54(70)62(8,9)78)57(73)80-41-42-20-22-45(23-21-42)51(67)59(2,3)75/h20-35,50,75-78H,10-19,36-41H2,1-9H3,(H,63,71)(H,64,72). The van der Waals surface area contributed by atoms with Gasteiger partial charge < -0.3 is 45.3 Å². The molecule has 4 aromatic rings. The maximum absolute atomic E-state index is 13.6. The number of imide groups is 1. The average Bonchev–Trinajstić information content (AvgIpc) is 3.42. The van der Waals surface area contributed by atoms with Crippen LogP contribution in [0.5, 0.6) is 0 Å². The highest BCUT2D eigenvalue weighted by atomic mass is 16.6. The molecule has 81 heavy (non-hydrogen) atoms. The lowest BCUT2D eigenvalue weighted by Crippen LogP contribution is -2.45. The van der Waals surface area contributed by atoms with Gasteiger partial charge in [0.1, 0.15) is 29.0 Å². The SMILES string of the molecule is CCCCOC(=O)N(CCCCCCNC(=O)OC(c1ccc(C(=O)C(C)(C)O)cc1)c1ccc(C(=O)C(C)(C)O)cc1)C(=O)NCCCCCCN(C(=O)OCc1ccc(C(=O)C(C)(C)O)cc1)c1ccc(C(=O)C(C)(C)O)cc1. The summed E-state index contributed by atoms with van der Waals surface area (Å²) in [4.78, 5) is 106. The van der Waals surface area contributed by atoms with Gasteiger partial charge in [0.15, 0.2) is 29.2 Å². The van der Waals surface area contributed by atoms with Gasteiger partial charge in [0, 0.05) is 54.1 Å². The van der Waals surface area contributed by atoms with Crippen molar-refractivity contribution in [2.75, 3.05) is 37.7 Å². The predicted octanol–water partition coefficient (Wildman–Crippen LogP) is 10.2. The second kappa shape index (κ2) is 30.5. The van der Waals surface area contributed by atoms with Crippen LogP contribution in [-0.4, -0.2) is 128 Å². The summed E-state index contributed by atoms with van der Waals surface area (Å²) in [5.41, 5.74) is -3.10. The molecule has 0 spiro atoms. The minimum Gasteiger partial charge on any atom is -0.449 e. The van der Waals surface area contributed by atoms with E-state index in [-0.39, 0.29) is 56.1 Å². The Kier molecular flexibility index (Phi) is 24.9. The van der Waals surface area contributed by atoms with Crippen LogP contribution in [0.25, 0.3) is 0 Å². The van der Waals surface area contributed by atoms with Crippen LogP contribution in [0.4, 0.5) is 24.9 Å². The fourth-order valence-corrected chi connectivity index (χ4v) is 8.24.